The van der Waals surface area contributed by atoms with E-state index in [0.717, 1.165) is 0 Å². The Balaban J connectivity index is -0.000000125. The Hall–Kier alpha value is 1.73. The van der Waals surface area contributed by atoms with Crippen LogP contribution in [0.15, 0.2) is 0 Å². The Kier molecular flexibility index (Phi) is 23.6. The first-order valence-corrected chi connectivity index (χ1v) is 2.01. The molecule has 0 saturated heterocycles. The topological polar surface area (TPSA) is 35.8 Å². The molecule has 0 aliphatic heterocycles. The summed E-state index contributed by atoms with van der Waals surface area (Å²) in [6.07, 6.45) is 1.60. The zero-order valence-electron chi connectivity index (χ0n) is 4.80. The van der Waals surface area contributed by atoms with Crippen molar-refractivity contribution in [3.05, 3.63) is 0 Å². The van der Waals surface area contributed by atoms with Crippen molar-refractivity contribution in [1.29, 1.82) is 5.26 Å². The fraction of sp³-hybridized carbons (Fsp3) is 0. The van der Waals surface area contributed by atoms with E-state index in [2.05, 4.69) is 30.2 Å². The monoisotopic (exact) mass is 164 g/mol. The number of nitrogens with one attached hydrogen (secondary N) is 1. The van der Waals surface area contributed by atoms with Crippen LogP contribution in [0.25, 0.3) is 0 Å². The average Bonchev–Trinajstić information content (AvgIpc) is 1.35. The molecule has 2 radical (unpaired) electrons. The summed E-state index contributed by atoms with van der Waals surface area (Å²) in [5.41, 5.74) is 0. The van der Waals surface area contributed by atoms with Crippen LogP contribution in [0.1, 0.15) is 0 Å². The molecule has 0 fully saturated rings. The van der Waals surface area contributed by atoms with Crippen molar-refractivity contribution in [3.8, 4) is 6.19 Å². The quantitative estimate of drug-likeness (QED) is 0.167. The van der Waals surface area contributed by atoms with Crippen molar-refractivity contribution in [2.45, 2.75) is 0 Å². The van der Waals surface area contributed by atoms with Gasteiger partial charge in [-0.1, -0.05) is 12.2 Å². The molecule has 0 heterocycles. The Morgan fingerprint density at radius 3 is 2.00 bits per heavy atom. The van der Waals surface area contributed by atoms with Crippen molar-refractivity contribution in [2.24, 2.45) is 0 Å². The van der Waals surface area contributed by atoms with Crippen LogP contribution in [0.5, 0.6) is 0 Å². The van der Waals surface area contributed by atoms with Crippen molar-refractivity contribution >= 4 is 88.3 Å². The van der Waals surface area contributed by atoms with Crippen LogP contribution in [0.2, 0.25) is 0 Å². The van der Waals surface area contributed by atoms with E-state index in [-0.39, 0.29) is 63.4 Å². The first kappa shape index (κ1) is 16.4. The largest absolute Gasteiger partial charge is 0.278 e. The Morgan fingerprint density at radius 1 is 1.62 bits per heavy atom. The van der Waals surface area contributed by atoms with Gasteiger partial charge in [-0.2, -0.15) is 5.26 Å². The Morgan fingerprint density at radius 2 is 2.00 bits per heavy atom. The van der Waals surface area contributed by atoms with Gasteiger partial charge in [-0.05, 0) is 0 Å². The summed E-state index contributed by atoms with van der Waals surface area (Å²) in [4.78, 5) is 0. The predicted octanol–water partition coefficient (Wildman–Crippen LogP) is -0.490. The number of hydrogen-bond donors (Lipinski definition) is 2. The third-order valence-electron chi connectivity index (χ3n) is 0.163. The standard InChI is InChI=1S/C2H2N2S2.2Na/c3-1-4-2(5)6;;/h(H2,4,5,6);;. The number of nitrogens with zero attached hydrogens (tertiary/aromatic N) is 1. The Labute approximate surface area is 103 Å². The zero-order valence-corrected chi connectivity index (χ0v) is 10.5. The van der Waals surface area contributed by atoms with Crippen LogP contribution in [-0.2, 0) is 0 Å². The normalized spacial score (nSPS) is 4.50. The van der Waals surface area contributed by atoms with Gasteiger partial charge in [0.1, 0.15) is 4.32 Å². The number of rotatable bonds is 0. The minimum Gasteiger partial charge on any atom is -0.278 e. The minimum absolute atomic E-state index is 0. The van der Waals surface area contributed by atoms with E-state index >= 15 is 0 Å². The van der Waals surface area contributed by atoms with Crippen LogP contribution < -0.4 is 5.32 Å². The molecule has 0 unspecified atom stereocenters. The van der Waals surface area contributed by atoms with Gasteiger partial charge in [-0.15, -0.1) is 12.6 Å². The number of thiocarbonyl (C=S) groups is 1. The Bertz CT molecular complexity index is 98.7. The molecule has 0 rings (SSSR count). The molecule has 0 aromatic heterocycles. The van der Waals surface area contributed by atoms with E-state index in [0.29, 0.717) is 0 Å². The molecule has 0 aromatic rings. The summed E-state index contributed by atoms with van der Waals surface area (Å²) in [5.74, 6) is 0. The first-order chi connectivity index (χ1) is 2.77. The molecule has 2 nitrogen and oxygen atoms in total. The second-order valence-corrected chi connectivity index (χ2v) is 1.70. The van der Waals surface area contributed by atoms with E-state index < -0.39 is 0 Å². The fourth-order valence-corrected chi connectivity index (χ4v) is 0.143. The fourth-order valence-electron chi connectivity index (χ4n) is 0.0478. The maximum atomic E-state index is 7.74. The van der Waals surface area contributed by atoms with Crippen molar-refractivity contribution in [1.82, 2.24) is 5.32 Å². The maximum absolute atomic E-state index is 7.74. The van der Waals surface area contributed by atoms with Crippen LogP contribution in [0.3, 0.4) is 0 Å². The van der Waals surface area contributed by atoms with Crippen LogP contribution >= 0.6 is 24.8 Å². The van der Waals surface area contributed by atoms with Gasteiger partial charge in [0.05, 0.1) is 0 Å². The summed E-state index contributed by atoms with van der Waals surface area (Å²) in [6, 6.07) is 0. The van der Waals surface area contributed by atoms with E-state index in [1.807, 2.05) is 0 Å². The number of thiol groups is 1. The van der Waals surface area contributed by atoms with Crippen LogP contribution in [-0.4, -0.2) is 63.4 Å². The summed E-state index contributed by atoms with van der Waals surface area (Å²) in [7, 11) is 0. The van der Waals surface area contributed by atoms with Gasteiger partial charge in [0.2, 0.25) is 0 Å². The molecule has 0 saturated carbocycles. The van der Waals surface area contributed by atoms with Gasteiger partial charge in [0.15, 0.2) is 6.19 Å². The average molecular weight is 164 g/mol. The molecule has 1 N–H and O–H groups in total. The van der Waals surface area contributed by atoms with Crippen molar-refractivity contribution < 1.29 is 0 Å². The SMILES string of the molecule is N#CNC(=S)S.[Na].[Na]. The van der Waals surface area contributed by atoms with Crippen LogP contribution in [0.4, 0.5) is 0 Å². The van der Waals surface area contributed by atoms with Crippen LogP contribution in [0, 0.1) is 11.5 Å². The predicted molar refractivity (Wildman–Crippen MR) is 41.8 cm³/mol. The minimum atomic E-state index is 0. The third-order valence-corrected chi connectivity index (χ3v) is 0.377. The number of hydrogen-bond acceptors (Lipinski definition) is 2. The summed E-state index contributed by atoms with van der Waals surface area (Å²) < 4.78 is 0.206. The van der Waals surface area contributed by atoms with Gasteiger partial charge < -0.3 is 0 Å². The molecule has 0 spiro atoms. The van der Waals surface area contributed by atoms with E-state index in [9.17, 15) is 0 Å². The van der Waals surface area contributed by atoms with Gasteiger partial charge >= 0.3 is 0 Å². The summed E-state index contributed by atoms with van der Waals surface area (Å²) in [6.45, 7) is 0. The zero-order chi connectivity index (χ0) is 4.99. The smallest absolute Gasteiger partial charge is 0.182 e. The van der Waals surface area contributed by atoms with Gasteiger partial charge in [0.25, 0.3) is 0 Å². The second kappa shape index (κ2) is 11.5. The van der Waals surface area contributed by atoms with E-state index in [4.69, 9.17) is 5.26 Å². The molecular formula is C2H2N2Na2S2. The molecular weight excluding hydrogens is 162 g/mol. The molecule has 0 amide bonds. The molecule has 34 valence electrons. The van der Waals surface area contributed by atoms with Gasteiger partial charge in [0, 0.05) is 59.1 Å². The molecule has 8 heavy (non-hydrogen) atoms. The molecule has 0 aliphatic carbocycles. The third kappa shape index (κ3) is 15.6. The van der Waals surface area contributed by atoms with Gasteiger partial charge in [-0.25, -0.2) is 0 Å². The molecule has 6 heteroatoms. The molecule has 0 bridgehead atoms. The molecule has 0 aromatic carbocycles. The second-order valence-electron chi connectivity index (χ2n) is 0.542. The van der Waals surface area contributed by atoms with Crippen molar-refractivity contribution in [2.75, 3.05) is 0 Å². The van der Waals surface area contributed by atoms with E-state index in [1.165, 1.54) is 0 Å². The van der Waals surface area contributed by atoms with Gasteiger partial charge in [-0.3, -0.25) is 5.32 Å². The summed E-state index contributed by atoms with van der Waals surface area (Å²) in [5, 5.41) is 9.85. The summed E-state index contributed by atoms with van der Waals surface area (Å²) >= 11 is 7.90. The molecule has 0 aliphatic rings. The number of nitriles is 1. The maximum Gasteiger partial charge on any atom is 0.182 e. The molecule has 0 atom stereocenters. The van der Waals surface area contributed by atoms with Crippen molar-refractivity contribution in [3.63, 3.8) is 0 Å². The first-order valence-electron chi connectivity index (χ1n) is 1.15. The van der Waals surface area contributed by atoms with E-state index in [1.54, 1.807) is 6.19 Å².